The molecule has 14 nitrogen and oxygen atoms in total. The topological polar surface area (TPSA) is 140 Å². The number of alkyl halides is 15. The summed E-state index contributed by atoms with van der Waals surface area (Å²) in [5.41, 5.74) is 0. The number of hydrogen-bond acceptors (Lipinski definition) is 14. The molecule has 392 valence electrons. The van der Waals surface area contributed by atoms with Crippen molar-refractivity contribution < 1.29 is 133 Å². The molecule has 65 heavy (non-hydrogen) atoms. The summed E-state index contributed by atoms with van der Waals surface area (Å²) in [5, 5.41) is 8.57. The van der Waals surface area contributed by atoms with Gasteiger partial charge in [0.1, 0.15) is 0 Å². The Kier molecular flexibility index (Phi) is 33.8. The van der Waals surface area contributed by atoms with E-state index in [4.69, 9.17) is 66.7 Å². The van der Waals surface area contributed by atoms with Crippen molar-refractivity contribution >= 4 is 0 Å². The van der Waals surface area contributed by atoms with Crippen LogP contribution in [-0.2, 0) is 61.6 Å². The summed E-state index contributed by atoms with van der Waals surface area (Å²) in [6.07, 6.45) is -11.4. The highest BCUT2D eigenvalue weighted by atomic mass is 19.4. The molecule has 0 unspecified atom stereocenters. The fraction of sp³-hybridized carbons (Fsp3) is 1.00. The smallest absolute Gasteiger partial charge is 0.394 e. The molecular formula is C36H59F15O14. The van der Waals surface area contributed by atoms with E-state index in [1.807, 2.05) is 0 Å². The number of rotatable bonds is 47. The molecule has 0 rings (SSSR count). The van der Waals surface area contributed by atoms with Gasteiger partial charge in [0.2, 0.25) is 0 Å². The summed E-state index contributed by atoms with van der Waals surface area (Å²) < 4.78 is 267. The van der Waals surface area contributed by atoms with Crippen molar-refractivity contribution in [2.24, 2.45) is 0 Å². The highest BCUT2D eigenvalue weighted by Crippen LogP contribution is 2.62. The summed E-state index contributed by atoms with van der Waals surface area (Å²) in [6.45, 7) is 6.10. The van der Waals surface area contributed by atoms with Gasteiger partial charge in [-0.05, 0) is 6.42 Å². The van der Waals surface area contributed by atoms with Crippen LogP contribution < -0.4 is 0 Å². The highest BCUT2D eigenvalue weighted by Gasteiger charge is 2.93. The minimum atomic E-state index is -8.30. The molecule has 0 aromatic carbocycles. The van der Waals surface area contributed by atoms with Gasteiger partial charge in [-0.1, -0.05) is 0 Å². The van der Waals surface area contributed by atoms with Crippen molar-refractivity contribution in [1.82, 2.24) is 0 Å². The standard InChI is InChI=1S/C36H59F15O14/c37-30(38,31(39,40)32(41,42)33(43,44)34(45,46)35(47,48)36(49,50)51)2-1-4-53-6-8-55-10-12-57-14-16-59-18-20-61-22-24-63-26-28-65-29-27-64-25-23-62-21-19-60-17-15-58-13-11-56-9-7-54-5-3-52/h52H,1-29H2. The van der Waals surface area contributed by atoms with Gasteiger partial charge in [0.15, 0.2) is 0 Å². The molecule has 0 fully saturated rings. The van der Waals surface area contributed by atoms with Crippen molar-refractivity contribution in [1.29, 1.82) is 0 Å². The Balaban J connectivity index is 3.63. The second-order valence-corrected chi connectivity index (χ2v) is 12.9. The number of hydrogen-bond donors (Lipinski definition) is 1. The van der Waals surface area contributed by atoms with Gasteiger partial charge >= 0.3 is 41.7 Å². The lowest BCUT2D eigenvalue weighted by Gasteiger charge is -2.41. The van der Waals surface area contributed by atoms with Crippen LogP contribution in [0, 0.1) is 0 Å². The summed E-state index contributed by atoms with van der Waals surface area (Å²) in [6, 6.07) is 0. The lowest BCUT2D eigenvalue weighted by Crippen LogP contribution is -2.72. The molecule has 29 heteroatoms. The van der Waals surface area contributed by atoms with Crippen molar-refractivity contribution in [3.63, 3.8) is 0 Å². The molecule has 0 heterocycles. The zero-order valence-corrected chi connectivity index (χ0v) is 35.4. The highest BCUT2D eigenvalue weighted by molar-refractivity contribution is 5.12. The molecule has 0 radical (unpaired) electrons. The van der Waals surface area contributed by atoms with E-state index in [9.17, 15) is 65.9 Å². The number of halogens is 15. The van der Waals surface area contributed by atoms with E-state index in [1.54, 1.807) is 0 Å². The first-order valence-corrected chi connectivity index (χ1v) is 20.0. The van der Waals surface area contributed by atoms with Crippen molar-refractivity contribution in [2.45, 2.75) is 54.6 Å². The van der Waals surface area contributed by atoms with Gasteiger partial charge in [0.25, 0.3) is 0 Å². The molecule has 0 amide bonds. The fourth-order valence-electron chi connectivity index (χ4n) is 4.36. The third kappa shape index (κ3) is 24.5. The lowest BCUT2D eigenvalue weighted by molar-refractivity contribution is -0.452. The van der Waals surface area contributed by atoms with E-state index in [0.29, 0.717) is 112 Å². The van der Waals surface area contributed by atoms with Crippen LogP contribution in [0.15, 0.2) is 0 Å². The van der Waals surface area contributed by atoms with Gasteiger partial charge < -0.3 is 66.7 Å². The fourth-order valence-corrected chi connectivity index (χ4v) is 4.36. The summed E-state index contributed by atoms with van der Waals surface area (Å²) in [7, 11) is 0. The molecule has 0 saturated heterocycles. The van der Waals surface area contributed by atoms with E-state index in [-0.39, 0.29) is 52.9 Å². The van der Waals surface area contributed by atoms with Gasteiger partial charge in [-0.15, -0.1) is 0 Å². The number of aliphatic hydroxyl groups excluding tert-OH is 1. The van der Waals surface area contributed by atoms with E-state index in [0.717, 1.165) is 0 Å². The third-order valence-electron chi connectivity index (χ3n) is 7.87. The SMILES string of the molecule is OCCOCCOCCOCCOCCOCCOCCOCCOCCOCCOCCOCCOCCOCCCC(F)(F)C(F)(F)C(F)(F)C(F)(F)C(F)(F)C(F)(F)C(F)(F)F. The zero-order valence-electron chi connectivity index (χ0n) is 35.4. The molecule has 0 saturated carbocycles. The largest absolute Gasteiger partial charge is 0.460 e. The first kappa shape index (κ1) is 63.4. The lowest BCUT2D eigenvalue weighted by atomic mass is 9.90. The Morgan fingerprint density at radius 1 is 0.231 bits per heavy atom. The van der Waals surface area contributed by atoms with Crippen LogP contribution in [0.25, 0.3) is 0 Å². The second kappa shape index (κ2) is 34.6. The zero-order chi connectivity index (χ0) is 49.2. The first-order valence-electron chi connectivity index (χ1n) is 20.0. The average Bonchev–Trinajstić information content (AvgIpc) is 3.23. The van der Waals surface area contributed by atoms with Crippen LogP contribution in [0.2, 0.25) is 0 Å². The Labute approximate surface area is 365 Å². The Morgan fingerprint density at radius 2 is 0.415 bits per heavy atom. The summed E-state index contributed by atoms with van der Waals surface area (Å²) in [4.78, 5) is 0. The molecule has 0 atom stereocenters. The quantitative estimate of drug-likeness (QED) is 0.0620. The van der Waals surface area contributed by atoms with E-state index in [1.165, 1.54) is 0 Å². The maximum atomic E-state index is 13.9. The normalized spacial score (nSPS) is 13.7. The molecule has 0 aliphatic carbocycles. The van der Waals surface area contributed by atoms with E-state index >= 15 is 0 Å². The van der Waals surface area contributed by atoms with Crippen molar-refractivity contribution in [3.05, 3.63) is 0 Å². The molecule has 0 aliphatic heterocycles. The average molecular weight is 1000 g/mol. The molecule has 0 aliphatic rings. The Bertz CT molecular complexity index is 1130. The van der Waals surface area contributed by atoms with Gasteiger partial charge in [-0.2, -0.15) is 65.9 Å². The van der Waals surface area contributed by atoms with Crippen LogP contribution >= 0.6 is 0 Å². The minimum absolute atomic E-state index is 0.0173. The van der Waals surface area contributed by atoms with E-state index in [2.05, 4.69) is 0 Å². The van der Waals surface area contributed by atoms with Crippen LogP contribution in [0.3, 0.4) is 0 Å². The van der Waals surface area contributed by atoms with Crippen molar-refractivity contribution in [3.8, 4) is 0 Å². The Hall–Kier alpha value is -1.61. The molecule has 0 spiro atoms. The predicted octanol–water partition coefficient (Wildman–Crippen LogP) is 5.35. The Morgan fingerprint density at radius 3 is 0.631 bits per heavy atom. The predicted molar refractivity (Wildman–Crippen MR) is 193 cm³/mol. The monoisotopic (exact) mass is 1000 g/mol. The third-order valence-corrected chi connectivity index (χ3v) is 7.87. The molecule has 0 aromatic heterocycles. The maximum absolute atomic E-state index is 13.9. The minimum Gasteiger partial charge on any atom is -0.394 e. The summed E-state index contributed by atoms with van der Waals surface area (Å²) in [5.74, 6) is -46.5. The van der Waals surface area contributed by atoms with Gasteiger partial charge in [0.05, 0.1) is 172 Å². The maximum Gasteiger partial charge on any atom is 0.460 e. The van der Waals surface area contributed by atoms with Crippen molar-refractivity contribution in [2.75, 3.05) is 178 Å². The van der Waals surface area contributed by atoms with Crippen LogP contribution in [0.4, 0.5) is 65.9 Å². The molecule has 0 aromatic rings. The van der Waals surface area contributed by atoms with E-state index < -0.39 is 67.8 Å². The van der Waals surface area contributed by atoms with Gasteiger partial charge in [-0.25, -0.2) is 0 Å². The second-order valence-electron chi connectivity index (χ2n) is 12.9. The number of aliphatic hydroxyl groups is 1. The molecular weight excluding hydrogens is 941 g/mol. The number of ether oxygens (including phenoxy) is 13. The first-order chi connectivity index (χ1) is 30.6. The van der Waals surface area contributed by atoms with Crippen LogP contribution in [-0.4, -0.2) is 225 Å². The van der Waals surface area contributed by atoms with Crippen LogP contribution in [0.5, 0.6) is 0 Å². The van der Waals surface area contributed by atoms with Crippen LogP contribution in [0.1, 0.15) is 12.8 Å². The van der Waals surface area contributed by atoms with Gasteiger partial charge in [-0.3, -0.25) is 0 Å². The van der Waals surface area contributed by atoms with Gasteiger partial charge in [0, 0.05) is 13.0 Å². The molecule has 0 bridgehead atoms. The molecule has 1 N–H and O–H groups in total. The summed E-state index contributed by atoms with van der Waals surface area (Å²) >= 11 is 0.